The molecule has 0 aromatic heterocycles. The Hall–Kier alpha value is -2.42. The van der Waals surface area contributed by atoms with Gasteiger partial charge in [-0.15, -0.1) is 0 Å². The molecular formula is C25H28INO5. The fourth-order valence-electron chi connectivity index (χ4n) is 3.78. The van der Waals surface area contributed by atoms with Gasteiger partial charge in [0.2, 0.25) is 0 Å². The van der Waals surface area contributed by atoms with E-state index in [9.17, 15) is 14.4 Å². The Morgan fingerprint density at radius 2 is 1.56 bits per heavy atom. The number of ether oxygens (including phenoxy) is 2. The second-order valence-electron chi connectivity index (χ2n) is 8.74. The largest absolute Gasteiger partial charge is 0.453 e. The molecule has 170 valence electrons. The topological polar surface area (TPSA) is 72.9 Å². The van der Waals surface area contributed by atoms with Gasteiger partial charge >= 0.3 is 12.1 Å². The van der Waals surface area contributed by atoms with Gasteiger partial charge in [0, 0.05) is 6.42 Å². The minimum Gasteiger partial charge on any atom is -0.453 e. The zero-order valence-corrected chi connectivity index (χ0v) is 20.7. The third kappa shape index (κ3) is 5.88. The molecule has 2 aromatic rings. The third-order valence-electron chi connectivity index (χ3n) is 5.16. The molecule has 0 radical (unpaired) electrons. The number of nitrogens with zero attached hydrogens (tertiary/aromatic N) is 1. The van der Waals surface area contributed by atoms with E-state index < -0.39 is 35.9 Å². The summed E-state index contributed by atoms with van der Waals surface area (Å²) in [4.78, 5) is 40.1. The summed E-state index contributed by atoms with van der Waals surface area (Å²) in [6, 6.07) is 17.3. The van der Waals surface area contributed by atoms with Crippen molar-refractivity contribution in [2.24, 2.45) is 0 Å². The number of ketones is 1. The van der Waals surface area contributed by atoms with Gasteiger partial charge in [-0.05, 0) is 38.3 Å². The molecule has 0 aliphatic carbocycles. The Morgan fingerprint density at radius 3 is 2.09 bits per heavy atom. The summed E-state index contributed by atoms with van der Waals surface area (Å²) in [6.07, 6.45) is -0.935. The monoisotopic (exact) mass is 549 g/mol. The minimum atomic E-state index is -0.915. The molecule has 6 nitrogen and oxygen atoms in total. The van der Waals surface area contributed by atoms with E-state index in [1.807, 2.05) is 83.3 Å². The number of carbonyl (C=O) groups is 3. The predicted octanol–water partition coefficient (Wildman–Crippen LogP) is 5.42. The SMILES string of the molecule is CC(C)(C)OC(=O)N1[C@@H](CCC(=O)CI)C(=O)O[C@H](c2ccccc2)[C@@H]1c1ccccc1. The summed E-state index contributed by atoms with van der Waals surface area (Å²) in [5.41, 5.74) is 0.861. The molecule has 2 aromatic carbocycles. The zero-order valence-electron chi connectivity index (χ0n) is 18.5. The molecule has 0 unspecified atom stereocenters. The Labute approximate surface area is 202 Å². The summed E-state index contributed by atoms with van der Waals surface area (Å²) in [7, 11) is 0. The number of halogens is 1. The first kappa shape index (κ1) is 24.2. The second kappa shape index (κ2) is 10.5. The van der Waals surface area contributed by atoms with E-state index in [0.29, 0.717) is 4.43 Å². The lowest BCUT2D eigenvalue weighted by Crippen LogP contribution is -2.55. The van der Waals surface area contributed by atoms with Crippen LogP contribution in [0.1, 0.15) is 56.9 Å². The van der Waals surface area contributed by atoms with E-state index >= 15 is 0 Å². The van der Waals surface area contributed by atoms with Crippen LogP contribution >= 0.6 is 22.6 Å². The van der Waals surface area contributed by atoms with Crippen molar-refractivity contribution in [3.05, 3.63) is 71.8 Å². The highest BCUT2D eigenvalue weighted by atomic mass is 127. The van der Waals surface area contributed by atoms with Gasteiger partial charge in [0.05, 0.1) is 4.43 Å². The van der Waals surface area contributed by atoms with Crippen LogP contribution in [-0.2, 0) is 19.1 Å². The first-order valence-electron chi connectivity index (χ1n) is 10.6. The van der Waals surface area contributed by atoms with Gasteiger partial charge in [0.1, 0.15) is 23.5 Å². The number of amides is 1. The molecule has 1 aliphatic rings. The maximum atomic E-state index is 13.5. The molecule has 7 heteroatoms. The Morgan fingerprint density at radius 1 is 1.00 bits per heavy atom. The first-order valence-corrected chi connectivity index (χ1v) is 12.1. The van der Waals surface area contributed by atoms with E-state index in [4.69, 9.17) is 9.47 Å². The molecule has 0 saturated carbocycles. The normalized spacial score (nSPS) is 21.1. The Kier molecular flexibility index (Phi) is 7.92. The molecule has 1 saturated heterocycles. The van der Waals surface area contributed by atoms with E-state index in [0.717, 1.165) is 11.1 Å². The predicted molar refractivity (Wildman–Crippen MR) is 129 cm³/mol. The second-order valence-corrected chi connectivity index (χ2v) is 9.50. The number of Topliss-reactive ketones (excluding diaryl/α,β-unsaturated/α-hetero) is 1. The first-order chi connectivity index (χ1) is 15.2. The van der Waals surface area contributed by atoms with Crippen LogP contribution in [0.4, 0.5) is 4.79 Å². The number of cyclic esters (lactones) is 1. The highest BCUT2D eigenvalue weighted by molar-refractivity contribution is 14.1. The quantitative estimate of drug-likeness (QED) is 0.274. The van der Waals surface area contributed by atoms with Crippen LogP contribution in [0.3, 0.4) is 0 Å². The van der Waals surface area contributed by atoms with Crippen molar-refractivity contribution in [1.82, 2.24) is 4.90 Å². The van der Waals surface area contributed by atoms with Crippen LogP contribution in [0.25, 0.3) is 0 Å². The fourth-order valence-corrected chi connectivity index (χ4v) is 4.16. The standard InChI is InChI=1S/C25H28INO5/c1-25(2,3)32-24(30)27-20(15-14-19(28)16-26)23(29)31-22(18-12-8-5-9-13-18)21(27)17-10-6-4-7-11-17/h4-13,20-22H,14-16H2,1-3H3/t20-,21-,22+/m0/s1. The highest BCUT2D eigenvalue weighted by Crippen LogP contribution is 2.43. The minimum absolute atomic E-state index is 0.0176. The highest BCUT2D eigenvalue weighted by Gasteiger charge is 2.48. The number of hydrogen-bond donors (Lipinski definition) is 0. The lowest BCUT2D eigenvalue weighted by Gasteiger charge is -2.45. The van der Waals surface area contributed by atoms with Crippen molar-refractivity contribution < 1.29 is 23.9 Å². The van der Waals surface area contributed by atoms with Crippen LogP contribution in [-0.4, -0.2) is 38.8 Å². The van der Waals surface area contributed by atoms with Crippen LogP contribution in [0, 0.1) is 0 Å². The number of carbonyl (C=O) groups excluding carboxylic acids is 3. The summed E-state index contributed by atoms with van der Waals surface area (Å²) in [5, 5.41) is 0. The average Bonchev–Trinajstić information content (AvgIpc) is 2.77. The van der Waals surface area contributed by atoms with E-state index in [-0.39, 0.29) is 18.6 Å². The van der Waals surface area contributed by atoms with E-state index in [1.54, 1.807) is 20.8 Å². The zero-order chi connectivity index (χ0) is 23.3. The average molecular weight is 549 g/mol. The van der Waals surface area contributed by atoms with Crippen molar-refractivity contribution in [3.8, 4) is 0 Å². The fraction of sp³-hybridized carbons (Fsp3) is 0.400. The molecule has 3 rings (SSSR count). The number of rotatable bonds is 6. The molecule has 0 spiro atoms. The van der Waals surface area contributed by atoms with Crippen LogP contribution in [0.2, 0.25) is 0 Å². The number of esters is 1. The lowest BCUT2D eigenvalue weighted by atomic mass is 9.90. The Bertz CT molecular complexity index is 942. The maximum absolute atomic E-state index is 13.5. The molecule has 1 aliphatic heterocycles. The van der Waals surface area contributed by atoms with Crippen molar-refractivity contribution >= 4 is 40.4 Å². The molecule has 1 amide bonds. The lowest BCUT2D eigenvalue weighted by molar-refractivity contribution is -0.174. The Balaban J connectivity index is 2.09. The maximum Gasteiger partial charge on any atom is 0.411 e. The van der Waals surface area contributed by atoms with Crippen molar-refractivity contribution in [2.75, 3.05) is 4.43 Å². The van der Waals surface area contributed by atoms with Crippen molar-refractivity contribution in [3.63, 3.8) is 0 Å². The number of hydrogen-bond acceptors (Lipinski definition) is 5. The molecule has 1 fully saturated rings. The molecule has 0 bridgehead atoms. The van der Waals surface area contributed by atoms with Crippen LogP contribution in [0.5, 0.6) is 0 Å². The smallest absolute Gasteiger partial charge is 0.411 e. The molecule has 32 heavy (non-hydrogen) atoms. The summed E-state index contributed by atoms with van der Waals surface area (Å²) in [6.45, 7) is 5.36. The molecule has 3 atom stereocenters. The van der Waals surface area contributed by atoms with Crippen LogP contribution in [0.15, 0.2) is 60.7 Å². The molecule has 1 heterocycles. The van der Waals surface area contributed by atoms with Crippen molar-refractivity contribution in [1.29, 1.82) is 0 Å². The third-order valence-corrected chi connectivity index (χ3v) is 6.01. The van der Waals surface area contributed by atoms with Gasteiger partial charge in [0.15, 0.2) is 6.10 Å². The molecule has 0 N–H and O–H groups in total. The summed E-state index contributed by atoms with van der Waals surface area (Å²) >= 11 is 2.00. The van der Waals surface area contributed by atoms with E-state index in [2.05, 4.69) is 0 Å². The van der Waals surface area contributed by atoms with Gasteiger partial charge in [-0.1, -0.05) is 83.3 Å². The number of morpholine rings is 1. The van der Waals surface area contributed by atoms with Gasteiger partial charge in [-0.25, -0.2) is 9.59 Å². The number of benzene rings is 2. The van der Waals surface area contributed by atoms with E-state index in [1.165, 1.54) is 4.90 Å². The van der Waals surface area contributed by atoms with Crippen molar-refractivity contribution in [2.45, 2.75) is 57.4 Å². The molecular weight excluding hydrogens is 521 g/mol. The summed E-state index contributed by atoms with van der Waals surface area (Å²) in [5.74, 6) is -0.512. The van der Waals surface area contributed by atoms with Gasteiger partial charge in [0.25, 0.3) is 0 Å². The van der Waals surface area contributed by atoms with Crippen LogP contribution < -0.4 is 0 Å². The van der Waals surface area contributed by atoms with Gasteiger partial charge in [-0.3, -0.25) is 9.69 Å². The summed E-state index contributed by atoms with van der Waals surface area (Å²) < 4.78 is 12.0. The van der Waals surface area contributed by atoms with Gasteiger partial charge < -0.3 is 9.47 Å². The van der Waals surface area contributed by atoms with Gasteiger partial charge in [-0.2, -0.15) is 0 Å². The number of alkyl halides is 1.